The second-order valence-electron chi connectivity index (χ2n) is 5.35. The molecule has 5 heteroatoms. The van der Waals surface area contributed by atoms with Crippen molar-refractivity contribution in [2.75, 3.05) is 29.5 Å². The fraction of sp³-hybridized carbons (Fsp3) is 0.692. The van der Waals surface area contributed by atoms with Gasteiger partial charge in [0.2, 0.25) is 0 Å². The summed E-state index contributed by atoms with van der Waals surface area (Å²) in [5.41, 5.74) is 5.88. The van der Waals surface area contributed by atoms with Gasteiger partial charge in [0.15, 0.2) is 0 Å². The lowest BCUT2D eigenvalue weighted by atomic mass is 10.2. The Morgan fingerprint density at radius 1 is 1.44 bits per heavy atom. The first-order valence-electron chi connectivity index (χ1n) is 6.52. The average Bonchev–Trinajstić information content (AvgIpc) is 2.27. The number of aryl methyl sites for hydroxylation is 1. The molecule has 1 fully saturated rings. The number of hydrogen-bond acceptors (Lipinski definition) is 5. The Labute approximate surface area is 113 Å². The molecular formula is C13H22N4S. The van der Waals surface area contributed by atoms with Gasteiger partial charge in [-0.25, -0.2) is 9.97 Å². The second-order valence-corrected chi connectivity index (χ2v) is 7.15. The van der Waals surface area contributed by atoms with E-state index < -0.39 is 0 Å². The van der Waals surface area contributed by atoms with E-state index >= 15 is 0 Å². The van der Waals surface area contributed by atoms with Crippen LogP contribution < -0.4 is 10.6 Å². The van der Waals surface area contributed by atoms with Crippen LogP contribution in [0.25, 0.3) is 0 Å². The van der Waals surface area contributed by atoms with Gasteiger partial charge >= 0.3 is 0 Å². The van der Waals surface area contributed by atoms with E-state index in [0.717, 1.165) is 43.3 Å². The molecular weight excluding hydrogens is 244 g/mol. The summed E-state index contributed by atoms with van der Waals surface area (Å²) in [5.74, 6) is 3.57. The van der Waals surface area contributed by atoms with Gasteiger partial charge in [-0.2, -0.15) is 11.8 Å². The zero-order valence-electron chi connectivity index (χ0n) is 11.4. The van der Waals surface area contributed by atoms with E-state index in [1.54, 1.807) is 0 Å². The van der Waals surface area contributed by atoms with E-state index in [1.807, 2.05) is 17.8 Å². The van der Waals surface area contributed by atoms with Gasteiger partial charge in [-0.15, -0.1) is 0 Å². The molecule has 0 unspecified atom stereocenters. The maximum absolute atomic E-state index is 5.88. The molecule has 0 radical (unpaired) electrons. The molecule has 1 aliphatic rings. The maximum atomic E-state index is 5.88. The summed E-state index contributed by atoms with van der Waals surface area (Å²) in [7, 11) is 0. The van der Waals surface area contributed by atoms with Gasteiger partial charge in [0, 0.05) is 36.1 Å². The molecule has 0 saturated carbocycles. The first kappa shape index (κ1) is 13.5. The Bertz CT molecular complexity index is 419. The van der Waals surface area contributed by atoms with Gasteiger partial charge in [-0.05, 0) is 20.3 Å². The molecule has 0 aromatic carbocycles. The van der Waals surface area contributed by atoms with Crippen molar-refractivity contribution in [1.29, 1.82) is 0 Å². The minimum absolute atomic E-state index is 0.281. The van der Waals surface area contributed by atoms with Gasteiger partial charge in [0.1, 0.15) is 17.5 Å². The van der Waals surface area contributed by atoms with Crippen molar-refractivity contribution in [2.24, 2.45) is 0 Å². The highest BCUT2D eigenvalue weighted by atomic mass is 32.2. The Kier molecular flexibility index (Phi) is 4.00. The van der Waals surface area contributed by atoms with Crippen LogP contribution in [0.4, 0.5) is 11.6 Å². The smallest absolute Gasteiger partial charge is 0.134 e. The molecule has 2 rings (SSSR count). The third-order valence-electron chi connectivity index (χ3n) is 3.00. The Morgan fingerprint density at radius 3 is 2.89 bits per heavy atom. The van der Waals surface area contributed by atoms with Gasteiger partial charge in [-0.3, -0.25) is 0 Å². The van der Waals surface area contributed by atoms with E-state index in [9.17, 15) is 0 Å². The number of rotatable bonds is 3. The van der Waals surface area contributed by atoms with Crippen LogP contribution in [0.1, 0.15) is 33.0 Å². The number of nitrogens with two attached hydrogens (primary N) is 1. The minimum atomic E-state index is 0.281. The number of nitrogens with zero attached hydrogens (tertiary/aromatic N) is 3. The lowest BCUT2D eigenvalue weighted by molar-refractivity contribution is 0.639. The average molecular weight is 266 g/mol. The summed E-state index contributed by atoms with van der Waals surface area (Å²) in [6, 6.07) is 1.89. The topological polar surface area (TPSA) is 55.0 Å². The summed E-state index contributed by atoms with van der Waals surface area (Å²) in [4.78, 5) is 11.3. The number of anilines is 2. The molecule has 0 atom stereocenters. The molecule has 0 bridgehead atoms. The van der Waals surface area contributed by atoms with Crippen LogP contribution in [0.2, 0.25) is 0 Å². The lowest BCUT2D eigenvalue weighted by Crippen LogP contribution is -2.43. The molecule has 100 valence electrons. The van der Waals surface area contributed by atoms with Crippen molar-refractivity contribution in [3.05, 3.63) is 11.9 Å². The van der Waals surface area contributed by atoms with Crippen LogP contribution in [0.15, 0.2) is 6.07 Å². The molecule has 0 amide bonds. The fourth-order valence-electron chi connectivity index (χ4n) is 2.21. The van der Waals surface area contributed by atoms with Crippen molar-refractivity contribution in [3.8, 4) is 0 Å². The molecule has 1 aromatic heterocycles. The van der Waals surface area contributed by atoms with Crippen LogP contribution in [0, 0.1) is 0 Å². The first-order chi connectivity index (χ1) is 8.50. The Morgan fingerprint density at radius 2 is 2.22 bits per heavy atom. The quantitative estimate of drug-likeness (QED) is 0.910. The van der Waals surface area contributed by atoms with Crippen molar-refractivity contribution < 1.29 is 0 Å². The molecule has 1 saturated heterocycles. The highest BCUT2D eigenvalue weighted by Gasteiger charge is 2.28. The third kappa shape index (κ3) is 3.28. The highest BCUT2D eigenvalue weighted by Crippen LogP contribution is 2.31. The van der Waals surface area contributed by atoms with Crippen LogP contribution in [0.3, 0.4) is 0 Å². The monoisotopic (exact) mass is 266 g/mol. The van der Waals surface area contributed by atoms with Gasteiger partial charge in [0.05, 0.1) is 0 Å². The van der Waals surface area contributed by atoms with Crippen molar-refractivity contribution >= 4 is 23.4 Å². The number of aromatic nitrogens is 2. The standard InChI is InChI=1S/C13H22N4S/c1-4-5-11-15-10(14)8-12(16-11)17-6-7-18-13(2,3)9-17/h8H,4-7,9H2,1-3H3,(H2,14,15,16). The molecule has 2 heterocycles. The number of nitrogen functional groups attached to an aromatic ring is 1. The molecule has 0 aliphatic carbocycles. The fourth-order valence-corrected chi connectivity index (χ4v) is 3.32. The first-order valence-corrected chi connectivity index (χ1v) is 7.51. The summed E-state index contributed by atoms with van der Waals surface area (Å²) in [5, 5.41) is 0. The molecule has 2 N–H and O–H groups in total. The number of hydrogen-bond donors (Lipinski definition) is 1. The molecule has 1 aliphatic heterocycles. The van der Waals surface area contributed by atoms with Gasteiger partial charge < -0.3 is 10.6 Å². The van der Waals surface area contributed by atoms with E-state index in [4.69, 9.17) is 5.73 Å². The molecule has 4 nitrogen and oxygen atoms in total. The zero-order chi connectivity index (χ0) is 13.2. The normalized spacial score (nSPS) is 18.9. The highest BCUT2D eigenvalue weighted by molar-refractivity contribution is 8.00. The van der Waals surface area contributed by atoms with Gasteiger partial charge in [0.25, 0.3) is 0 Å². The van der Waals surface area contributed by atoms with Crippen LogP contribution in [-0.4, -0.2) is 33.6 Å². The minimum Gasteiger partial charge on any atom is -0.384 e. The van der Waals surface area contributed by atoms with E-state index in [-0.39, 0.29) is 4.75 Å². The Hall–Kier alpha value is -0.970. The second kappa shape index (κ2) is 5.34. The molecule has 18 heavy (non-hydrogen) atoms. The SMILES string of the molecule is CCCc1nc(N)cc(N2CCSC(C)(C)C2)n1. The predicted octanol–water partition coefficient (Wildman–Crippen LogP) is 2.34. The summed E-state index contributed by atoms with van der Waals surface area (Å²) < 4.78 is 0.281. The Balaban J connectivity index is 2.21. The lowest BCUT2D eigenvalue weighted by Gasteiger charge is -2.38. The van der Waals surface area contributed by atoms with Gasteiger partial charge in [-0.1, -0.05) is 6.92 Å². The molecule has 1 aromatic rings. The van der Waals surface area contributed by atoms with Crippen LogP contribution >= 0.6 is 11.8 Å². The van der Waals surface area contributed by atoms with Crippen molar-refractivity contribution in [1.82, 2.24) is 9.97 Å². The van der Waals surface area contributed by atoms with Crippen LogP contribution in [-0.2, 0) is 6.42 Å². The molecule has 0 spiro atoms. The third-order valence-corrected chi connectivity index (χ3v) is 4.30. The van der Waals surface area contributed by atoms with E-state index in [0.29, 0.717) is 5.82 Å². The summed E-state index contributed by atoms with van der Waals surface area (Å²) in [6.45, 7) is 8.74. The van der Waals surface area contributed by atoms with Crippen LogP contribution in [0.5, 0.6) is 0 Å². The maximum Gasteiger partial charge on any atom is 0.134 e. The van der Waals surface area contributed by atoms with Crippen molar-refractivity contribution in [3.63, 3.8) is 0 Å². The summed E-state index contributed by atoms with van der Waals surface area (Å²) >= 11 is 2.02. The van der Waals surface area contributed by atoms with E-state index in [1.165, 1.54) is 0 Å². The van der Waals surface area contributed by atoms with E-state index in [2.05, 4.69) is 35.6 Å². The number of thioether (sulfide) groups is 1. The summed E-state index contributed by atoms with van der Waals surface area (Å²) in [6.07, 6.45) is 1.94. The van der Waals surface area contributed by atoms with Crippen molar-refractivity contribution in [2.45, 2.75) is 38.4 Å². The predicted molar refractivity (Wildman–Crippen MR) is 79.2 cm³/mol. The largest absolute Gasteiger partial charge is 0.384 e. The zero-order valence-corrected chi connectivity index (χ0v) is 12.3.